The summed E-state index contributed by atoms with van der Waals surface area (Å²) in [6, 6.07) is 14.9. The third-order valence-electron chi connectivity index (χ3n) is 4.25. The lowest BCUT2D eigenvalue weighted by Gasteiger charge is -2.20. The second kappa shape index (κ2) is 9.16. The lowest BCUT2D eigenvalue weighted by atomic mass is 10.0. The molecule has 0 unspecified atom stereocenters. The van der Waals surface area contributed by atoms with E-state index in [0.717, 1.165) is 24.3 Å². The number of nitrogens with one attached hydrogen (secondary N) is 1. The molecule has 0 spiro atoms. The quantitative estimate of drug-likeness (QED) is 0.355. The molecule has 0 radical (unpaired) electrons. The number of alkyl halides is 8. The first-order valence-corrected chi connectivity index (χ1v) is 9.25. The number of ether oxygens (including phenoxy) is 2. The Morgan fingerprint density at radius 1 is 0.667 bits per heavy atom. The van der Waals surface area contributed by atoms with Crippen LogP contribution in [-0.4, -0.2) is 12.5 Å². The van der Waals surface area contributed by atoms with Crippen LogP contribution in [0, 0.1) is 0 Å². The van der Waals surface area contributed by atoms with Gasteiger partial charge in [-0.25, -0.2) is 0 Å². The molecule has 0 aromatic heterocycles. The van der Waals surface area contributed by atoms with Crippen LogP contribution in [-0.2, 0) is 12.5 Å². The highest BCUT2D eigenvalue weighted by atomic mass is 19.4. The molecule has 0 amide bonds. The standard InChI is InChI=1S/C22H15F8NO2/c23-20(24,21(25,26)27)15-5-1-4-14(10-15)13-31-16-6-2-7-17(11-16)32-18-8-3-9-19(12-18)33-22(28,29)30/h1-12,31H,13H2. The normalized spacial score (nSPS) is 12.4. The van der Waals surface area contributed by atoms with E-state index in [1.165, 1.54) is 30.3 Å². The van der Waals surface area contributed by atoms with Crippen molar-refractivity contribution in [2.45, 2.75) is 25.0 Å². The van der Waals surface area contributed by atoms with E-state index in [1.807, 2.05) is 0 Å². The number of hydrogen-bond donors (Lipinski definition) is 1. The summed E-state index contributed by atoms with van der Waals surface area (Å²) in [4.78, 5) is 0. The fourth-order valence-electron chi connectivity index (χ4n) is 2.78. The Hall–Kier alpha value is -3.50. The molecule has 0 aliphatic heterocycles. The van der Waals surface area contributed by atoms with Gasteiger partial charge in [0.15, 0.2) is 0 Å². The monoisotopic (exact) mass is 477 g/mol. The molecule has 176 valence electrons. The topological polar surface area (TPSA) is 30.5 Å². The van der Waals surface area contributed by atoms with Crippen LogP contribution in [0.15, 0.2) is 72.8 Å². The first kappa shape index (κ1) is 24.1. The maximum Gasteiger partial charge on any atom is 0.573 e. The zero-order valence-corrected chi connectivity index (χ0v) is 16.5. The van der Waals surface area contributed by atoms with Gasteiger partial charge in [0.2, 0.25) is 0 Å². The van der Waals surface area contributed by atoms with Crippen molar-refractivity contribution in [3.05, 3.63) is 83.9 Å². The van der Waals surface area contributed by atoms with Gasteiger partial charge in [0.1, 0.15) is 17.2 Å². The summed E-state index contributed by atoms with van der Waals surface area (Å²) in [6.07, 6.45) is -10.6. The molecule has 0 bridgehead atoms. The van der Waals surface area contributed by atoms with Crippen molar-refractivity contribution >= 4 is 5.69 Å². The van der Waals surface area contributed by atoms with E-state index in [1.54, 1.807) is 12.1 Å². The van der Waals surface area contributed by atoms with Crippen molar-refractivity contribution in [2.24, 2.45) is 0 Å². The molecule has 0 aliphatic carbocycles. The van der Waals surface area contributed by atoms with Gasteiger partial charge in [-0.05, 0) is 35.9 Å². The van der Waals surface area contributed by atoms with Crippen LogP contribution in [0.1, 0.15) is 11.1 Å². The molecule has 0 saturated carbocycles. The minimum Gasteiger partial charge on any atom is -0.457 e. The van der Waals surface area contributed by atoms with Crippen molar-refractivity contribution in [2.75, 3.05) is 5.32 Å². The molecule has 3 aromatic carbocycles. The molecule has 33 heavy (non-hydrogen) atoms. The highest BCUT2D eigenvalue weighted by molar-refractivity contribution is 5.50. The van der Waals surface area contributed by atoms with Gasteiger partial charge in [-0.3, -0.25) is 0 Å². The first-order chi connectivity index (χ1) is 15.3. The van der Waals surface area contributed by atoms with Crippen molar-refractivity contribution in [1.29, 1.82) is 0 Å². The lowest BCUT2D eigenvalue weighted by Crippen LogP contribution is -2.33. The molecule has 0 heterocycles. The number of anilines is 1. The molecular formula is C22H15F8NO2. The molecule has 0 saturated heterocycles. The fourth-order valence-corrected chi connectivity index (χ4v) is 2.78. The lowest BCUT2D eigenvalue weighted by molar-refractivity contribution is -0.289. The number of benzene rings is 3. The van der Waals surface area contributed by atoms with E-state index in [2.05, 4.69) is 10.1 Å². The summed E-state index contributed by atoms with van der Waals surface area (Å²) in [5.41, 5.74) is -0.560. The Morgan fingerprint density at radius 3 is 1.94 bits per heavy atom. The minimum atomic E-state index is -5.72. The molecule has 0 aliphatic rings. The molecule has 3 aromatic rings. The predicted molar refractivity (Wildman–Crippen MR) is 103 cm³/mol. The van der Waals surface area contributed by atoms with E-state index in [-0.39, 0.29) is 23.6 Å². The molecular weight excluding hydrogens is 462 g/mol. The van der Waals surface area contributed by atoms with Gasteiger partial charge in [0.25, 0.3) is 0 Å². The Kier molecular flexibility index (Phi) is 6.71. The largest absolute Gasteiger partial charge is 0.573 e. The van der Waals surface area contributed by atoms with E-state index in [0.29, 0.717) is 11.8 Å². The van der Waals surface area contributed by atoms with Crippen molar-refractivity contribution < 1.29 is 44.6 Å². The van der Waals surface area contributed by atoms with Crippen LogP contribution < -0.4 is 14.8 Å². The van der Waals surface area contributed by atoms with Crippen LogP contribution in [0.2, 0.25) is 0 Å². The van der Waals surface area contributed by atoms with Crippen molar-refractivity contribution in [1.82, 2.24) is 0 Å². The Labute approximate surface area is 182 Å². The van der Waals surface area contributed by atoms with E-state index in [9.17, 15) is 35.1 Å². The smallest absolute Gasteiger partial charge is 0.457 e. The second-order valence-electron chi connectivity index (χ2n) is 6.78. The number of halogens is 8. The maximum absolute atomic E-state index is 13.6. The number of hydrogen-bond acceptors (Lipinski definition) is 3. The van der Waals surface area contributed by atoms with Crippen LogP contribution in [0.25, 0.3) is 0 Å². The van der Waals surface area contributed by atoms with E-state index >= 15 is 0 Å². The van der Waals surface area contributed by atoms with Crippen LogP contribution >= 0.6 is 0 Å². The minimum absolute atomic E-state index is 0.0657. The third-order valence-corrected chi connectivity index (χ3v) is 4.25. The Morgan fingerprint density at radius 2 is 1.27 bits per heavy atom. The van der Waals surface area contributed by atoms with Gasteiger partial charge < -0.3 is 14.8 Å². The van der Waals surface area contributed by atoms with Crippen molar-refractivity contribution in [3.63, 3.8) is 0 Å². The summed E-state index contributed by atoms with van der Waals surface area (Å²) in [5, 5.41) is 2.87. The van der Waals surface area contributed by atoms with Crippen LogP contribution in [0.4, 0.5) is 40.8 Å². The number of rotatable bonds is 7. The Balaban J connectivity index is 1.68. The summed E-state index contributed by atoms with van der Waals surface area (Å²) in [5.74, 6) is -5.15. The highest BCUT2D eigenvalue weighted by Gasteiger charge is 2.58. The van der Waals surface area contributed by atoms with Gasteiger partial charge >= 0.3 is 18.5 Å². The molecule has 3 rings (SSSR count). The molecule has 3 nitrogen and oxygen atoms in total. The highest BCUT2D eigenvalue weighted by Crippen LogP contribution is 2.44. The predicted octanol–water partition coefficient (Wildman–Crippen LogP) is 7.64. The van der Waals surface area contributed by atoms with Gasteiger partial charge in [0, 0.05) is 29.9 Å². The Bertz CT molecular complexity index is 1100. The van der Waals surface area contributed by atoms with E-state index in [4.69, 9.17) is 4.74 Å². The SMILES string of the molecule is FC(F)(F)Oc1cccc(Oc2cccc(NCc3cccc(C(F)(F)C(F)(F)F)c3)c2)c1. The summed E-state index contributed by atoms with van der Waals surface area (Å²) >= 11 is 0. The summed E-state index contributed by atoms with van der Waals surface area (Å²) in [7, 11) is 0. The van der Waals surface area contributed by atoms with Gasteiger partial charge in [-0.2, -0.15) is 22.0 Å². The van der Waals surface area contributed by atoms with E-state index < -0.39 is 29.8 Å². The average molecular weight is 477 g/mol. The van der Waals surface area contributed by atoms with Gasteiger partial charge in [-0.1, -0.05) is 30.3 Å². The van der Waals surface area contributed by atoms with Crippen LogP contribution in [0.3, 0.4) is 0 Å². The van der Waals surface area contributed by atoms with Gasteiger partial charge in [-0.15, -0.1) is 13.2 Å². The summed E-state index contributed by atoms with van der Waals surface area (Å²) < 4.78 is 111. The zero-order valence-electron chi connectivity index (χ0n) is 16.5. The fraction of sp³-hybridized carbons (Fsp3) is 0.182. The van der Waals surface area contributed by atoms with Crippen molar-refractivity contribution in [3.8, 4) is 17.2 Å². The molecule has 11 heteroatoms. The maximum atomic E-state index is 13.6. The molecule has 0 atom stereocenters. The molecule has 0 fully saturated rings. The molecule has 1 N–H and O–H groups in total. The third kappa shape index (κ3) is 6.50. The first-order valence-electron chi connectivity index (χ1n) is 9.25. The van der Waals surface area contributed by atoms with Gasteiger partial charge in [0.05, 0.1) is 0 Å². The summed E-state index contributed by atoms with van der Waals surface area (Å²) in [6.45, 7) is -0.0693. The average Bonchev–Trinajstić information content (AvgIpc) is 2.71. The second-order valence-corrected chi connectivity index (χ2v) is 6.78. The zero-order chi connectivity index (χ0) is 24.3. The van der Waals surface area contributed by atoms with Crippen LogP contribution in [0.5, 0.6) is 17.2 Å².